The Bertz CT molecular complexity index is 1280. The molecule has 1 N–H and O–H groups in total. The molecule has 0 aromatic carbocycles. The van der Waals surface area contributed by atoms with E-state index in [4.69, 9.17) is 4.74 Å². The molecule has 1 aromatic rings. The van der Waals surface area contributed by atoms with Gasteiger partial charge in [-0.2, -0.15) is 0 Å². The number of carbonyl (C=O) groups is 1. The van der Waals surface area contributed by atoms with Crippen molar-refractivity contribution < 1.29 is 14.6 Å². The van der Waals surface area contributed by atoms with E-state index in [0.29, 0.717) is 11.8 Å². The third-order valence-corrected chi connectivity index (χ3v) is 14.1. The Hall–Kier alpha value is -1.94. The van der Waals surface area contributed by atoms with Crippen LogP contribution in [0.25, 0.3) is 6.08 Å². The van der Waals surface area contributed by atoms with Crippen LogP contribution in [0.2, 0.25) is 0 Å². The molecule has 224 valence electrons. The Kier molecular flexibility index (Phi) is 6.60. The molecule has 4 saturated carbocycles. The van der Waals surface area contributed by atoms with Gasteiger partial charge < -0.3 is 9.84 Å². The lowest BCUT2D eigenvalue weighted by atomic mass is 9.33. The highest BCUT2D eigenvalue weighted by Gasteiger charge is 2.69. The molecule has 4 nitrogen and oxygen atoms in total. The summed E-state index contributed by atoms with van der Waals surface area (Å²) in [5.41, 5.74) is 3.76. The summed E-state index contributed by atoms with van der Waals surface area (Å²) in [7, 11) is 1.59. The second-order valence-corrected chi connectivity index (χ2v) is 16.8. The van der Waals surface area contributed by atoms with E-state index in [2.05, 4.69) is 71.7 Å². The zero-order chi connectivity index (χ0) is 29.6. The molecule has 0 saturated heterocycles. The van der Waals surface area contributed by atoms with Gasteiger partial charge in [0.25, 0.3) is 0 Å². The van der Waals surface area contributed by atoms with Crippen molar-refractivity contribution in [3.63, 3.8) is 0 Å². The monoisotopic (exact) mass is 559 g/mol. The van der Waals surface area contributed by atoms with Crippen LogP contribution in [0.4, 0.5) is 0 Å². The van der Waals surface area contributed by atoms with Crippen LogP contribution in [0.15, 0.2) is 41.7 Å². The predicted octanol–water partition coefficient (Wildman–Crippen LogP) is 8.41. The van der Waals surface area contributed by atoms with Crippen LogP contribution in [0.3, 0.4) is 0 Å². The molecule has 0 spiro atoms. The predicted molar refractivity (Wildman–Crippen MR) is 165 cm³/mol. The molecular weight excluding hydrogens is 506 g/mol. The normalized spacial score (nSPS) is 45.4. The van der Waals surface area contributed by atoms with Gasteiger partial charge >= 0.3 is 5.97 Å². The average Bonchev–Trinajstić information content (AvgIpc) is 2.92. The number of hydrogen-bond acceptors (Lipinski definition) is 4. The van der Waals surface area contributed by atoms with Crippen LogP contribution >= 0.6 is 0 Å². The molecule has 1 heterocycles. The first-order chi connectivity index (χ1) is 19.1. The second kappa shape index (κ2) is 9.28. The third kappa shape index (κ3) is 3.94. The summed E-state index contributed by atoms with van der Waals surface area (Å²) in [5, 5.41) is 11.7. The number of nitrogens with zero attached hydrogens (tertiary/aromatic N) is 1. The summed E-state index contributed by atoms with van der Waals surface area (Å²) in [4.78, 5) is 17.9. The lowest BCUT2D eigenvalue weighted by molar-refractivity contribution is -0.194. The van der Waals surface area contributed by atoms with E-state index in [9.17, 15) is 9.90 Å². The first-order valence-electron chi connectivity index (χ1n) is 16.2. The minimum atomic E-state index is -0.449. The summed E-state index contributed by atoms with van der Waals surface area (Å²) in [5.74, 6) is 1.27. The summed E-state index contributed by atoms with van der Waals surface area (Å²) in [6, 6.07) is 4.07. The van der Waals surface area contributed by atoms with Crippen LogP contribution in [0.1, 0.15) is 112 Å². The van der Waals surface area contributed by atoms with Crippen molar-refractivity contribution in [3.05, 3.63) is 47.3 Å². The van der Waals surface area contributed by atoms with Crippen molar-refractivity contribution in [3.8, 4) is 0 Å². The summed E-state index contributed by atoms with van der Waals surface area (Å²) < 4.78 is 5.54. The van der Waals surface area contributed by atoms with E-state index in [1.807, 2.05) is 18.5 Å². The van der Waals surface area contributed by atoms with Crippen molar-refractivity contribution in [2.24, 2.45) is 50.2 Å². The molecule has 8 atom stereocenters. The topological polar surface area (TPSA) is 59.4 Å². The highest BCUT2D eigenvalue weighted by atomic mass is 16.5. The van der Waals surface area contributed by atoms with Crippen molar-refractivity contribution in [1.82, 2.24) is 4.98 Å². The van der Waals surface area contributed by atoms with Crippen LogP contribution in [-0.2, 0) is 9.53 Å². The zero-order valence-corrected chi connectivity index (χ0v) is 26.8. The first-order valence-corrected chi connectivity index (χ1v) is 16.2. The molecule has 41 heavy (non-hydrogen) atoms. The van der Waals surface area contributed by atoms with E-state index in [-0.39, 0.29) is 44.4 Å². The number of pyridine rings is 1. The van der Waals surface area contributed by atoms with E-state index in [1.165, 1.54) is 6.42 Å². The van der Waals surface area contributed by atoms with Crippen molar-refractivity contribution in [2.75, 3.05) is 7.11 Å². The Balaban J connectivity index is 1.44. The van der Waals surface area contributed by atoms with Gasteiger partial charge in [-0.1, -0.05) is 72.3 Å². The Morgan fingerprint density at radius 1 is 1.02 bits per heavy atom. The minimum absolute atomic E-state index is 0.0251. The highest BCUT2D eigenvalue weighted by molar-refractivity contribution is 5.78. The molecule has 0 unspecified atom stereocenters. The lowest BCUT2D eigenvalue weighted by Crippen LogP contribution is -2.65. The van der Waals surface area contributed by atoms with Gasteiger partial charge in [-0.3, -0.25) is 9.78 Å². The number of fused-ring (bicyclic) bond motifs is 7. The quantitative estimate of drug-likeness (QED) is 0.292. The van der Waals surface area contributed by atoms with Crippen LogP contribution in [0, 0.1) is 50.2 Å². The number of rotatable bonds is 2. The number of hydrogen-bond donors (Lipinski definition) is 1. The van der Waals surface area contributed by atoms with Crippen molar-refractivity contribution in [2.45, 2.75) is 112 Å². The molecule has 0 bridgehead atoms. The Morgan fingerprint density at radius 2 is 1.76 bits per heavy atom. The zero-order valence-electron chi connectivity index (χ0n) is 26.8. The molecule has 4 heteroatoms. The molecule has 1 aromatic heterocycles. The van der Waals surface area contributed by atoms with Crippen LogP contribution in [0.5, 0.6) is 0 Å². The van der Waals surface area contributed by atoms with Gasteiger partial charge in [-0.05, 0) is 120 Å². The van der Waals surface area contributed by atoms with E-state index in [0.717, 1.165) is 62.5 Å². The largest absolute Gasteiger partial charge is 0.469 e. The molecule has 6 rings (SSSR count). The van der Waals surface area contributed by atoms with Crippen LogP contribution in [-0.4, -0.2) is 29.3 Å². The molecule has 0 amide bonds. The molecule has 0 radical (unpaired) electrons. The number of aliphatic hydroxyl groups is 1. The fraction of sp³-hybridized carbons (Fsp3) is 0.730. The highest BCUT2D eigenvalue weighted by Crippen LogP contribution is 2.76. The van der Waals surface area contributed by atoms with Crippen LogP contribution < -0.4 is 0 Å². The van der Waals surface area contributed by atoms with Crippen molar-refractivity contribution >= 4 is 12.0 Å². The molecule has 4 fully saturated rings. The molecule has 0 aliphatic heterocycles. The number of methoxy groups -OCH3 is 1. The van der Waals surface area contributed by atoms with Gasteiger partial charge in [0.1, 0.15) is 0 Å². The SMILES string of the molecule is COC(=O)[C@]12CCC(C)(C)C[C@H]1C1=CC[C@@H]3[C@@]4(C)C/C(=C/c5cccnc5)[C@H](O)C(C)(C)[C@@H]4CC[C@@]3(C)[C@]1(C)CC2. The van der Waals surface area contributed by atoms with E-state index in [1.54, 1.807) is 12.7 Å². The maximum atomic E-state index is 13.5. The minimum Gasteiger partial charge on any atom is -0.469 e. The molecule has 5 aliphatic carbocycles. The third-order valence-electron chi connectivity index (χ3n) is 14.1. The fourth-order valence-corrected chi connectivity index (χ4v) is 11.7. The first kappa shape index (κ1) is 29.1. The van der Waals surface area contributed by atoms with E-state index < -0.39 is 6.10 Å². The molecular formula is C37H53NO3. The van der Waals surface area contributed by atoms with E-state index >= 15 is 0 Å². The van der Waals surface area contributed by atoms with Gasteiger partial charge in [-0.25, -0.2) is 0 Å². The average molecular weight is 560 g/mol. The number of carbonyl (C=O) groups excluding carboxylic acids is 1. The second-order valence-electron chi connectivity index (χ2n) is 16.8. The number of ether oxygens (including phenoxy) is 1. The van der Waals surface area contributed by atoms with Gasteiger partial charge in [0.15, 0.2) is 0 Å². The fourth-order valence-electron chi connectivity index (χ4n) is 11.7. The molecule has 5 aliphatic rings. The van der Waals surface area contributed by atoms with Gasteiger partial charge in [0.05, 0.1) is 18.6 Å². The summed E-state index contributed by atoms with van der Waals surface area (Å²) in [6.45, 7) is 17.1. The van der Waals surface area contributed by atoms with Gasteiger partial charge in [-0.15, -0.1) is 0 Å². The maximum absolute atomic E-state index is 13.5. The van der Waals surface area contributed by atoms with Gasteiger partial charge in [0, 0.05) is 12.4 Å². The Labute approximate surface area is 248 Å². The Morgan fingerprint density at radius 3 is 2.44 bits per heavy atom. The van der Waals surface area contributed by atoms with Gasteiger partial charge in [0.2, 0.25) is 0 Å². The number of aromatic nitrogens is 1. The lowest BCUT2D eigenvalue weighted by Gasteiger charge is -2.71. The number of allylic oxidation sites excluding steroid dienone is 2. The number of aliphatic hydroxyl groups excluding tert-OH is 1. The van der Waals surface area contributed by atoms with Crippen molar-refractivity contribution in [1.29, 1.82) is 0 Å². The number of esters is 1. The standard InChI is InChI=1S/C37H53NO3/c1-32(2)15-17-37(31(40)41-8)18-16-35(6)26(27(37)22-32)11-12-29-34(5)21-25(20-24-10-9-19-38-23-24)30(39)33(3,4)28(34)13-14-36(29,35)7/h9-11,19-20,23,27-30,39H,12-18,21-22H2,1-8H3/b25-20-/t27-,28-,29+,30-,34-,35+,36+,37-/m0/s1. The smallest absolute Gasteiger partial charge is 0.312 e. The summed E-state index contributed by atoms with van der Waals surface area (Å²) in [6.07, 6.45) is 17.5. The maximum Gasteiger partial charge on any atom is 0.312 e. The summed E-state index contributed by atoms with van der Waals surface area (Å²) >= 11 is 0.